The fourth-order valence-electron chi connectivity index (χ4n) is 2.44. The molecule has 1 aliphatic carbocycles. The second-order valence-electron chi connectivity index (χ2n) is 4.94. The highest BCUT2D eigenvalue weighted by atomic mass is 32.2. The summed E-state index contributed by atoms with van der Waals surface area (Å²) in [6.45, 7) is 0.416. The van der Waals surface area contributed by atoms with Crippen molar-refractivity contribution in [2.75, 3.05) is 0 Å². The molecule has 0 atom stereocenters. The van der Waals surface area contributed by atoms with Gasteiger partial charge in [0.05, 0.1) is 5.69 Å². The van der Waals surface area contributed by atoms with Crippen LogP contribution in [-0.4, -0.2) is 10.4 Å². The number of hydrogen-bond donors (Lipinski definition) is 1. The lowest BCUT2D eigenvalue weighted by molar-refractivity contribution is 0.424. The van der Waals surface area contributed by atoms with E-state index in [9.17, 15) is 0 Å². The van der Waals surface area contributed by atoms with Crippen molar-refractivity contribution in [2.24, 2.45) is 5.73 Å². The molecule has 0 bridgehead atoms. The molecule has 4 heteroatoms. The van der Waals surface area contributed by atoms with E-state index in [0.29, 0.717) is 6.54 Å². The van der Waals surface area contributed by atoms with Crippen LogP contribution in [0.3, 0.4) is 0 Å². The Hall–Kier alpha value is -1.26. The van der Waals surface area contributed by atoms with Gasteiger partial charge in [-0.1, -0.05) is 30.1 Å². The van der Waals surface area contributed by atoms with E-state index in [0.717, 1.165) is 22.3 Å². The van der Waals surface area contributed by atoms with Crippen LogP contribution in [-0.2, 0) is 6.54 Å². The van der Waals surface area contributed by atoms with Crippen molar-refractivity contribution < 1.29 is 4.52 Å². The molecule has 2 N–H and O–H groups in total. The van der Waals surface area contributed by atoms with E-state index in [4.69, 9.17) is 10.3 Å². The lowest BCUT2D eigenvalue weighted by Crippen LogP contribution is -1.94. The Morgan fingerprint density at radius 2 is 1.95 bits per heavy atom. The molecule has 0 radical (unpaired) electrons. The van der Waals surface area contributed by atoms with E-state index in [2.05, 4.69) is 29.4 Å². The van der Waals surface area contributed by atoms with Crippen LogP contribution in [0.1, 0.15) is 31.4 Å². The highest BCUT2D eigenvalue weighted by molar-refractivity contribution is 8.00. The van der Waals surface area contributed by atoms with Gasteiger partial charge in [0, 0.05) is 28.3 Å². The molecule has 0 spiro atoms. The van der Waals surface area contributed by atoms with Crippen molar-refractivity contribution in [3.63, 3.8) is 0 Å². The average Bonchev–Trinajstić information content (AvgIpc) is 3.10. The van der Waals surface area contributed by atoms with Crippen LogP contribution in [0.15, 0.2) is 39.8 Å². The molecule has 2 aromatic rings. The summed E-state index contributed by atoms with van der Waals surface area (Å²) in [7, 11) is 0. The van der Waals surface area contributed by atoms with Crippen molar-refractivity contribution >= 4 is 11.8 Å². The smallest absolute Gasteiger partial charge is 0.167 e. The zero-order valence-electron chi connectivity index (χ0n) is 10.8. The van der Waals surface area contributed by atoms with Crippen molar-refractivity contribution in [1.82, 2.24) is 5.16 Å². The SMILES string of the molecule is NCc1cc(-c2ccc(SC3CCCC3)cc2)on1. The number of nitrogens with zero attached hydrogens (tertiary/aromatic N) is 1. The quantitative estimate of drug-likeness (QED) is 0.920. The number of aromatic nitrogens is 1. The molecule has 100 valence electrons. The maximum atomic E-state index is 5.53. The number of rotatable bonds is 4. The summed E-state index contributed by atoms with van der Waals surface area (Å²) in [6.07, 6.45) is 5.48. The maximum absolute atomic E-state index is 5.53. The second kappa shape index (κ2) is 5.80. The molecule has 1 aromatic heterocycles. The summed E-state index contributed by atoms with van der Waals surface area (Å²) in [5.74, 6) is 0.790. The fourth-order valence-corrected chi connectivity index (χ4v) is 3.69. The predicted molar refractivity (Wildman–Crippen MR) is 77.9 cm³/mol. The topological polar surface area (TPSA) is 52.0 Å². The summed E-state index contributed by atoms with van der Waals surface area (Å²) in [6, 6.07) is 10.4. The van der Waals surface area contributed by atoms with Gasteiger partial charge in [0.2, 0.25) is 0 Å². The molecule has 0 unspecified atom stereocenters. The number of benzene rings is 1. The highest BCUT2D eigenvalue weighted by Crippen LogP contribution is 2.35. The highest BCUT2D eigenvalue weighted by Gasteiger charge is 2.16. The molecular formula is C15H18N2OS. The maximum Gasteiger partial charge on any atom is 0.167 e. The fraction of sp³-hybridized carbons (Fsp3) is 0.400. The van der Waals surface area contributed by atoms with Crippen molar-refractivity contribution in [3.8, 4) is 11.3 Å². The van der Waals surface area contributed by atoms with Crippen LogP contribution < -0.4 is 5.73 Å². The third-order valence-electron chi connectivity index (χ3n) is 3.51. The Bertz CT molecular complexity index is 529. The first-order chi connectivity index (χ1) is 9.35. The number of hydrogen-bond acceptors (Lipinski definition) is 4. The van der Waals surface area contributed by atoms with Gasteiger partial charge >= 0.3 is 0 Å². The van der Waals surface area contributed by atoms with E-state index in [1.165, 1.54) is 30.6 Å². The van der Waals surface area contributed by atoms with Crippen LogP contribution in [0.2, 0.25) is 0 Å². The minimum atomic E-state index is 0.416. The zero-order chi connectivity index (χ0) is 13.1. The van der Waals surface area contributed by atoms with Crippen molar-refractivity contribution in [2.45, 2.75) is 42.4 Å². The van der Waals surface area contributed by atoms with E-state index >= 15 is 0 Å². The van der Waals surface area contributed by atoms with Gasteiger partial charge in [-0.2, -0.15) is 0 Å². The van der Waals surface area contributed by atoms with E-state index < -0.39 is 0 Å². The minimum Gasteiger partial charge on any atom is -0.356 e. The van der Waals surface area contributed by atoms with Gasteiger partial charge in [0.15, 0.2) is 5.76 Å². The zero-order valence-corrected chi connectivity index (χ0v) is 11.7. The van der Waals surface area contributed by atoms with E-state index in [1.54, 1.807) is 0 Å². The molecule has 1 aliphatic rings. The molecule has 3 rings (SSSR count). The average molecular weight is 274 g/mol. The van der Waals surface area contributed by atoms with Crippen LogP contribution in [0.25, 0.3) is 11.3 Å². The van der Waals surface area contributed by atoms with E-state index in [1.807, 2.05) is 17.8 Å². The normalized spacial score (nSPS) is 16.1. The summed E-state index contributed by atoms with van der Waals surface area (Å²) in [4.78, 5) is 1.34. The Morgan fingerprint density at radius 3 is 2.58 bits per heavy atom. The van der Waals surface area contributed by atoms with Gasteiger partial charge in [-0.3, -0.25) is 0 Å². The molecular weight excluding hydrogens is 256 g/mol. The van der Waals surface area contributed by atoms with Crippen LogP contribution in [0.4, 0.5) is 0 Å². The van der Waals surface area contributed by atoms with Crippen molar-refractivity contribution in [3.05, 3.63) is 36.0 Å². The first kappa shape index (κ1) is 12.8. The lowest BCUT2D eigenvalue weighted by Gasteiger charge is -2.08. The van der Waals surface area contributed by atoms with Gasteiger partial charge in [-0.05, 0) is 25.0 Å². The standard InChI is InChI=1S/C15H18N2OS/c16-10-12-9-15(18-17-12)11-5-7-14(8-6-11)19-13-3-1-2-4-13/h5-9,13H,1-4,10,16H2. The molecule has 1 saturated carbocycles. The molecule has 1 heterocycles. The van der Waals surface area contributed by atoms with Crippen LogP contribution in [0.5, 0.6) is 0 Å². The molecule has 0 aliphatic heterocycles. The molecule has 1 aromatic carbocycles. The number of nitrogens with two attached hydrogens (primary N) is 1. The van der Waals surface area contributed by atoms with Crippen molar-refractivity contribution in [1.29, 1.82) is 0 Å². The summed E-state index contributed by atoms with van der Waals surface area (Å²) < 4.78 is 5.28. The Kier molecular flexibility index (Phi) is 3.89. The van der Waals surface area contributed by atoms with Crippen LogP contribution in [0, 0.1) is 0 Å². The van der Waals surface area contributed by atoms with Gasteiger partial charge in [0.25, 0.3) is 0 Å². The van der Waals surface area contributed by atoms with Gasteiger partial charge < -0.3 is 10.3 Å². The van der Waals surface area contributed by atoms with Crippen LogP contribution >= 0.6 is 11.8 Å². The monoisotopic (exact) mass is 274 g/mol. The third kappa shape index (κ3) is 3.01. The Labute approximate surface area is 117 Å². The first-order valence-electron chi connectivity index (χ1n) is 6.78. The molecule has 3 nitrogen and oxygen atoms in total. The summed E-state index contributed by atoms with van der Waals surface area (Å²) >= 11 is 2.00. The predicted octanol–water partition coefficient (Wildman–Crippen LogP) is 3.84. The third-order valence-corrected chi connectivity index (χ3v) is 4.86. The Morgan fingerprint density at radius 1 is 1.21 bits per heavy atom. The van der Waals surface area contributed by atoms with Gasteiger partial charge in [-0.15, -0.1) is 11.8 Å². The lowest BCUT2D eigenvalue weighted by atomic mass is 10.1. The molecule has 1 fully saturated rings. The molecule has 0 amide bonds. The Balaban J connectivity index is 1.70. The summed E-state index contributed by atoms with van der Waals surface area (Å²) in [5.41, 5.74) is 7.38. The molecule has 0 saturated heterocycles. The second-order valence-corrected chi connectivity index (χ2v) is 6.31. The first-order valence-corrected chi connectivity index (χ1v) is 7.66. The summed E-state index contributed by atoms with van der Waals surface area (Å²) in [5, 5.41) is 4.72. The minimum absolute atomic E-state index is 0.416. The van der Waals surface area contributed by atoms with Gasteiger partial charge in [0.1, 0.15) is 0 Å². The van der Waals surface area contributed by atoms with E-state index in [-0.39, 0.29) is 0 Å². The molecule has 19 heavy (non-hydrogen) atoms. The number of thioether (sulfide) groups is 1. The largest absolute Gasteiger partial charge is 0.356 e. The van der Waals surface area contributed by atoms with Gasteiger partial charge in [-0.25, -0.2) is 0 Å².